The van der Waals surface area contributed by atoms with E-state index in [1.807, 2.05) is 44.2 Å². The lowest BCUT2D eigenvalue weighted by atomic mass is 10.1. The first-order valence-electron chi connectivity index (χ1n) is 8.15. The van der Waals surface area contributed by atoms with Gasteiger partial charge in [-0.2, -0.15) is 0 Å². The molecule has 0 unspecified atom stereocenters. The van der Waals surface area contributed by atoms with Crippen molar-refractivity contribution in [2.75, 3.05) is 0 Å². The van der Waals surface area contributed by atoms with E-state index in [4.69, 9.17) is 0 Å². The normalized spacial score (nSPS) is 11.4. The summed E-state index contributed by atoms with van der Waals surface area (Å²) in [6.07, 6.45) is -3.98. The lowest BCUT2D eigenvalue weighted by molar-refractivity contribution is -0.274. The molecule has 0 aliphatic rings. The molecule has 134 valence electrons. The van der Waals surface area contributed by atoms with Crippen molar-refractivity contribution in [2.45, 2.75) is 26.6 Å². The molecule has 26 heavy (non-hydrogen) atoms. The van der Waals surface area contributed by atoms with Crippen molar-refractivity contribution in [3.05, 3.63) is 65.9 Å². The van der Waals surface area contributed by atoms with Gasteiger partial charge >= 0.3 is 6.36 Å². The average molecular weight is 358 g/mol. The molecule has 1 heterocycles. The standard InChI is InChI=1S/C20H17F3N2O/c1-3-16-12-18(14-8-10-17(11-9-14)26-20(21,22)23)25-19(24-16)15-6-4-13(2)5-7-15/h4-12H,3H2,1-2H3. The molecular formula is C20H17F3N2O. The average Bonchev–Trinajstić information content (AvgIpc) is 2.61. The van der Waals surface area contributed by atoms with E-state index in [1.165, 1.54) is 12.1 Å². The van der Waals surface area contributed by atoms with E-state index >= 15 is 0 Å². The Balaban J connectivity index is 1.97. The summed E-state index contributed by atoms with van der Waals surface area (Å²) in [4.78, 5) is 9.14. The molecule has 0 aliphatic heterocycles. The maximum Gasteiger partial charge on any atom is 0.573 e. The SMILES string of the molecule is CCc1cc(-c2ccc(OC(F)(F)F)cc2)nc(-c2ccc(C)cc2)n1. The Labute approximate surface area is 149 Å². The van der Waals surface area contributed by atoms with Gasteiger partial charge in [-0.05, 0) is 43.7 Å². The Kier molecular flexibility index (Phi) is 4.93. The Bertz CT molecular complexity index is 888. The highest BCUT2D eigenvalue weighted by Crippen LogP contribution is 2.27. The van der Waals surface area contributed by atoms with Gasteiger partial charge < -0.3 is 4.74 Å². The van der Waals surface area contributed by atoms with E-state index in [1.54, 1.807) is 12.1 Å². The first kappa shape index (κ1) is 17.9. The molecule has 0 spiro atoms. The number of benzene rings is 2. The number of rotatable bonds is 4. The third kappa shape index (κ3) is 4.39. The topological polar surface area (TPSA) is 35.0 Å². The molecule has 0 saturated carbocycles. The van der Waals surface area contributed by atoms with Crippen molar-refractivity contribution in [1.29, 1.82) is 0 Å². The second-order valence-electron chi connectivity index (χ2n) is 5.86. The lowest BCUT2D eigenvalue weighted by Gasteiger charge is -2.10. The number of halogens is 3. The fourth-order valence-corrected chi connectivity index (χ4v) is 2.49. The zero-order valence-corrected chi connectivity index (χ0v) is 14.3. The molecule has 3 aromatic rings. The molecule has 3 rings (SSSR count). The number of aromatic nitrogens is 2. The highest BCUT2D eigenvalue weighted by molar-refractivity contribution is 5.65. The van der Waals surface area contributed by atoms with E-state index in [2.05, 4.69) is 14.7 Å². The van der Waals surface area contributed by atoms with Crippen molar-refractivity contribution >= 4 is 0 Å². The third-order valence-electron chi connectivity index (χ3n) is 3.83. The molecule has 0 saturated heterocycles. The summed E-state index contributed by atoms with van der Waals surface area (Å²) in [6, 6.07) is 15.4. The van der Waals surface area contributed by atoms with Crippen molar-refractivity contribution in [3.63, 3.8) is 0 Å². The minimum absolute atomic E-state index is 0.259. The molecule has 3 nitrogen and oxygen atoms in total. The van der Waals surface area contributed by atoms with Gasteiger partial charge in [0.1, 0.15) is 5.75 Å². The van der Waals surface area contributed by atoms with Crippen molar-refractivity contribution in [3.8, 4) is 28.4 Å². The molecule has 1 aromatic heterocycles. The number of hydrogen-bond donors (Lipinski definition) is 0. The molecule has 0 aliphatic carbocycles. The Hall–Kier alpha value is -2.89. The number of alkyl halides is 3. The molecule has 6 heteroatoms. The molecule has 0 fully saturated rings. The van der Waals surface area contributed by atoms with Crippen LogP contribution in [0.1, 0.15) is 18.2 Å². The molecule has 0 bridgehead atoms. The quantitative estimate of drug-likeness (QED) is 0.611. The lowest BCUT2D eigenvalue weighted by Crippen LogP contribution is -2.16. The summed E-state index contributed by atoms with van der Waals surface area (Å²) >= 11 is 0. The second kappa shape index (κ2) is 7.15. The summed E-state index contributed by atoms with van der Waals surface area (Å²) in [5.41, 5.74) is 4.25. The minimum atomic E-state index is -4.70. The van der Waals surface area contributed by atoms with Crippen molar-refractivity contribution < 1.29 is 17.9 Å². The first-order valence-corrected chi connectivity index (χ1v) is 8.15. The van der Waals surface area contributed by atoms with Gasteiger partial charge in [-0.25, -0.2) is 9.97 Å². The fraction of sp³-hybridized carbons (Fsp3) is 0.200. The van der Waals surface area contributed by atoms with Crippen LogP contribution in [0, 0.1) is 6.92 Å². The Morgan fingerprint density at radius 1 is 0.885 bits per heavy atom. The highest BCUT2D eigenvalue weighted by Gasteiger charge is 2.31. The van der Waals surface area contributed by atoms with Gasteiger partial charge in [0.25, 0.3) is 0 Å². The van der Waals surface area contributed by atoms with Gasteiger partial charge in [0.15, 0.2) is 5.82 Å². The largest absolute Gasteiger partial charge is 0.573 e. The molecule has 0 atom stereocenters. The Morgan fingerprint density at radius 2 is 1.50 bits per heavy atom. The number of ether oxygens (including phenoxy) is 1. The Morgan fingerprint density at radius 3 is 2.08 bits per heavy atom. The molecule has 0 amide bonds. The molecule has 0 N–H and O–H groups in total. The van der Waals surface area contributed by atoms with E-state index in [-0.39, 0.29) is 5.75 Å². The summed E-state index contributed by atoms with van der Waals surface area (Å²) < 4.78 is 40.8. The van der Waals surface area contributed by atoms with E-state index < -0.39 is 6.36 Å². The zero-order chi connectivity index (χ0) is 18.7. The predicted octanol–water partition coefficient (Wildman–Crippen LogP) is 5.58. The van der Waals surface area contributed by atoms with Crippen LogP contribution >= 0.6 is 0 Å². The van der Waals surface area contributed by atoms with Crippen LogP contribution in [0.2, 0.25) is 0 Å². The van der Waals surface area contributed by atoms with E-state index in [0.29, 0.717) is 17.1 Å². The van der Waals surface area contributed by atoms with Crippen LogP contribution in [0.25, 0.3) is 22.6 Å². The maximum absolute atomic E-state index is 12.3. The van der Waals surface area contributed by atoms with Gasteiger partial charge in [0, 0.05) is 16.8 Å². The fourth-order valence-electron chi connectivity index (χ4n) is 2.49. The van der Waals surface area contributed by atoms with E-state index in [0.717, 1.165) is 23.2 Å². The van der Waals surface area contributed by atoms with Gasteiger partial charge in [-0.3, -0.25) is 0 Å². The van der Waals surface area contributed by atoms with E-state index in [9.17, 15) is 13.2 Å². The monoisotopic (exact) mass is 358 g/mol. The minimum Gasteiger partial charge on any atom is -0.406 e. The van der Waals surface area contributed by atoms with Crippen LogP contribution in [-0.2, 0) is 6.42 Å². The number of aryl methyl sites for hydroxylation is 2. The van der Waals surface area contributed by atoms with Gasteiger partial charge in [-0.15, -0.1) is 13.2 Å². The third-order valence-corrected chi connectivity index (χ3v) is 3.83. The van der Waals surface area contributed by atoms with Gasteiger partial charge in [0.05, 0.1) is 5.69 Å². The van der Waals surface area contributed by atoms with Crippen molar-refractivity contribution in [2.24, 2.45) is 0 Å². The van der Waals surface area contributed by atoms with Crippen LogP contribution < -0.4 is 4.74 Å². The van der Waals surface area contributed by atoms with Crippen LogP contribution in [0.3, 0.4) is 0 Å². The van der Waals surface area contributed by atoms with Gasteiger partial charge in [0.2, 0.25) is 0 Å². The summed E-state index contributed by atoms with van der Waals surface area (Å²) in [7, 11) is 0. The zero-order valence-electron chi connectivity index (χ0n) is 14.3. The maximum atomic E-state index is 12.3. The van der Waals surface area contributed by atoms with Crippen molar-refractivity contribution in [1.82, 2.24) is 9.97 Å². The highest BCUT2D eigenvalue weighted by atomic mass is 19.4. The summed E-state index contributed by atoms with van der Waals surface area (Å²) in [5, 5.41) is 0. The van der Waals surface area contributed by atoms with Crippen LogP contribution in [-0.4, -0.2) is 16.3 Å². The van der Waals surface area contributed by atoms with Crippen LogP contribution in [0.5, 0.6) is 5.75 Å². The second-order valence-corrected chi connectivity index (χ2v) is 5.86. The predicted molar refractivity (Wildman–Crippen MR) is 93.7 cm³/mol. The molecule has 2 aromatic carbocycles. The first-order chi connectivity index (χ1) is 12.3. The smallest absolute Gasteiger partial charge is 0.406 e. The van der Waals surface area contributed by atoms with Gasteiger partial charge in [-0.1, -0.05) is 36.8 Å². The summed E-state index contributed by atoms with van der Waals surface area (Å²) in [6.45, 7) is 3.99. The molecular weight excluding hydrogens is 341 g/mol. The molecule has 0 radical (unpaired) electrons. The van der Waals surface area contributed by atoms with Crippen LogP contribution in [0.4, 0.5) is 13.2 Å². The number of nitrogens with zero attached hydrogens (tertiary/aromatic N) is 2. The number of hydrogen-bond acceptors (Lipinski definition) is 3. The summed E-state index contributed by atoms with van der Waals surface area (Å²) in [5.74, 6) is 0.333. The van der Waals surface area contributed by atoms with Crippen LogP contribution in [0.15, 0.2) is 54.6 Å².